The van der Waals surface area contributed by atoms with Gasteiger partial charge in [0.05, 0.1) is 16.7 Å². The van der Waals surface area contributed by atoms with Crippen molar-refractivity contribution in [1.29, 1.82) is 0 Å². The molecule has 1 N–H and O–H groups in total. The van der Waals surface area contributed by atoms with Gasteiger partial charge in [-0.25, -0.2) is 4.39 Å². The van der Waals surface area contributed by atoms with E-state index in [4.69, 9.17) is 16.3 Å². The number of carbonyl (C=O) groups excluding carboxylic acids is 2. The van der Waals surface area contributed by atoms with E-state index in [1.54, 1.807) is 33.0 Å². The lowest BCUT2D eigenvalue weighted by Crippen LogP contribution is -2.41. The van der Waals surface area contributed by atoms with Gasteiger partial charge in [0.15, 0.2) is 0 Å². The lowest BCUT2D eigenvalue weighted by atomic mass is 9.98. The van der Waals surface area contributed by atoms with Gasteiger partial charge in [0.25, 0.3) is 0 Å². The molecule has 0 aliphatic rings. The SMILES string of the molecule is CC(=O)OCC(CCC(C)(C)O)N(C)C(=O)CCc1cccc(F)c1Cl. The molecule has 0 saturated heterocycles. The maximum absolute atomic E-state index is 13.5. The first-order chi connectivity index (χ1) is 12.0. The monoisotopic (exact) mass is 387 g/mol. The fourth-order valence-corrected chi connectivity index (χ4v) is 2.71. The van der Waals surface area contributed by atoms with Crippen molar-refractivity contribution in [3.63, 3.8) is 0 Å². The zero-order valence-corrected chi connectivity index (χ0v) is 16.5. The number of aliphatic hydroxyl groups is 1. The second-order valence-electron chi connectivity index (χ2n) is 7.03. The maximum Gasteiger partial charge on any atom is 0.302 e. The minimum atomic E-state index is -0.881. The van der Waals surface area contributed by atoms with Crippen LogP contribution in [0.4, 0.5) is 4.39 Å². The highest BCUT2D eigenvalue weighted by Gasteiger charge is 2.24. The number of hydrogen-bond donors (Lipinski definition) is 1. The highest BCUT2D eigenvalue weighted by Crippen LogP contribution is 2.22. The van der Waals surface area contributed by atoms with Crippen molar-refractivity contribution in [3.8, 4) is 0 Å². The Bertz CT molecular complexity index is 630. The number of amides is 1. The summed E-state index contributed by atoms with van der Waals surface area (Å²) in [6.45, 7) is 4.74. The number of benzene rings is 1. The van der Waals surface area contributed by atoms with E-state index >= 15 is 0 Å². The number of rotatable bonds is 9. The molecule has 1 aromatic carbocycles. The Kier molecular flexibility index (Phi) is 8.50. The fraction of sp³-hybridized carbons (Fsp3) is 0.579. The summed E-state index contributed by atoms with van der Waals surface area (Å²) in [6.07, 6.45) is 1.40. The van der Waals surface area contributed by atoms with Crippen LogP contribution in [0.5, 0.6) is 0 Å². The van der Waals surface area contributed by atoms with E-state index in [2.05, 4.69) is 0 Å². The van der Waals surface area contributed by atoms with Gasteiger partial charge in [-0.1, -0.05) is 23.7 Å². The number of nitrogens with zero attached hydrogens (tertiary/aromatic N) is 1. The van der Waals surface area contributed by atoms with Crippen molar-refractivity contribution < 1.29 is 23.8 Å². The minimum Gasteiger partial charge on any atom is -0.464 e. The Morgan fingerprint density at radius 3 is 2.62 bits per heavy atom. The maximum atomic E-state index is 13.5. The van der Waals surface area contributed by atoms with Crippen molar-refractivity contribution in [1.82, 2.24) is 4.90 Å². The van der Waals surface area contributed by atoms with Gasteiger partial charge in [0, 0.05) is 20.4 Å². The molecule has 1 unspecified atom stereocenters. The molecule has 26 heavy (non-hydrogen) atoms. The molecule has 0 fully saturated rings. The summed E-state index contributed by atoms with van der Waals surface area (Å²) in [5.74, 6) is -1.10. The Balaban J connectivity index is 2.71. The average Bonchev–Trinajstić information content (AvgIpc) is 2.54. The molecule has 1 aromatic rings. The second kappa shape index (κ2) is 9.88. The molecule has 0 aliphatic heterocycles. The largest absolute Gasteiger partial charge is 0.464 e. The highest BCUT2D eigenvalue weighted by atomic mass is 35.5. The van der Waals surface area contributed by atoms with E-state index < -0.39 is 17.4 Å². The van der Waals surface area contributed by atoms with Gasteiger partial charge in [0.2, 0.25) is 5.91 Å². The summed E-state index contributed by atoms with van der Waals surface area (Å²) in [7, 11) is 1.63. The van der Waals surface area contributed by atoms with Gasteiger partial charge in [0.1, 0.15) is 12.4 Å². The summed E-state index contributed by atoms with van der Waals surface area (Å²) in [4.78, 5) is 25.1. The zero-order chi connectivity index (χ0) is 19.9. The topological polar surface area (TPSA) is 66.8 Å². The third-order valence-electron chi connectivity index (χ3n) is 4.15. The summed E-state index contributed by atoms with van der Waals surface area (Å²) in [5.41, 5.74) is -0.311. The summed E-state index contributed by atoms with van der Waals surface area (Å²) < 4.78 is 18.5. The van der Waals surface area contributed by atoms with E-state index in [9.17, 15) is 19.1 Å². The Morgan fingerprint density at radius 1 is 1.38 bits per heavy atom. The zero-order valence-electron chi connectivity index (χ0n) is 15.7. The Morgan fingerprint density at radius 2 is 2.04 bits per heavy atom. The Hall–Kier alpha value is -1.66. The number of aryl methyl sites for hydroxylation is 1. The van der Waals surface area contributed by atoms with Crippen LogP contribution >= 0.6 is 11.6 Å². The summed E-state index contributed by atoms with van der Waals surface area (Å²) >= 11 is 5.92. The van der Waals surface area contributed by atoms with Gasteiger partial charge in [-0.3, -0.25) is 9.59 Å². The minimum absolute atomic E-state index is 0.0291. The molecule has 0 spiro atoms. The molecular formula is C19H27ClFNO4. The predicted molar refractivity (Wildman–Crippen MR) is 98.5 cm³/mol. The van der Waals surface area contributed by atoms with E-state index in [1.807, 2.05) is 0 Å². The first-order valence-electron chi connectivity index (χ1n) is 8.55. The quantitative estimate of drug-likeness (QED) is 0.660. The van der Waals surface area contributed by atoms with Crippen molar-refractivity contribution in [2.45, 2.75) is 58.1 Å². The summed E-state index contributed by atoms with van der Waals surface area (Å²) in [5, 5.41) is 9.94. The van der Waals surface area contributed by atoms with Gasteiger partial charge >= 0.3 is 5.97 Å². The van der Waals surface area contributed by atoms with Gasteiger partial charge in [-0.15, -0.1) is 0 Å². The molecule has 0 aromatic heterocycles. The van der Waals surface area contributed by atoms with Crippen LogP contribution in [-0.4, -0.2) is 47.2 Å². The molecule has 5 nitrogen and oxygen atoms in total. The molecule has 146 valence electrons. The fourth-order valence-electron chi connectivity index (χ4n) is 2.49. The molecule has 0 saturated carbocycles. The van der Waals surface area contributed by atoms with Crippen molar-refractivity contribution >= 4 is 23.5 Å². The van der Waals surface area contributed by atoms with Crippen LogP contribution in [0.25, 0.3) is 0 Å². The number of carbonyl (C=O) groups is 2. The molecule has 1 amide bonds. The average molecular weight is 388 g/mol. The lowest BCUT2D eigenvalue weighted by Gasteiger charge is -2.30. The molecule has 0 radical (unpaired) electrons. The third-order valence-corrected chi connectivity index (χ3v) is 4.57. The molecule has 1 atom stereocenters. The van der Waals surface area contributed by atoms with Crippen LogP contribution in [0.1, 0.15) is 45.6 Å². The van der Waals surface area contributed by atoms with Gasteiger partial charge in [-0.05, 0) is 44.7 Å². The van der Waals surface area contributed by atoms with Crippen LogP contribution in [0, 0.1) is 5.82 Å². The normalized spacial score (nSPS) is 12.6. The van der Waals surface area contributed by atoms with Gasteiger partial charge in [-0.2, -0.15) is 0 Å². The third kappa shape index (κ3) is 7.70. The lowest BCUT2D eigenvalue weighted by molar-refractivity contribution is -0.146. The number of esters is 1. The Labute approximate surface area is 159 Å². The number of hydrogen-bond acceptors (Lipinski definition) is 4. The van der Waals surface area contributed by atoms with Crippen molar-refractivity contribution in [2.75, 3.05) is 13.7 Å². The van der Waals surface area contributed by atoms with Gasteiger partial charge < -0.3 is 14.7 Å². The first-order valence-corrected chi connectivity index (χ1v) is 8.93. The van der Waals surface area contributed by atoms with E-state index in [0.29, 0.717) is 24.8 Å². The van der Waals surface area contributed by atoms with Crippen LogP contribution in [0.2, 0.25) is 5.02 Å². The molecule has 0 heterocycles. The van der Waals surface area contributed by atoms with E-state index in [-0.39, 0.29) is 30.0 Å². The van der Waals surface area contributed by atoms with Crippen molar-refractivity contribution in [2.24, 2.45) is 0 Å². The predicted octanol–water partition coefficient (Wildman–Crippen LogP) is 3.35. The highest BCUT2D eigenvalue weighted by molar-refractivity contribution is 6.31. The number of halogens is 2. The first kappa shape index (κ1) is 22.4. The molecular weight excluding hydrogens is 361 g/mol. The second-order valence-corrected chi connectivity index (χ2v) is 7.40. The molecule has 7 heteroatoms. The van der Waals surface area contributed by atoms with Crippen LogP contribution in [0.3, 0.4) is 0 Å². The van der Waals surface area contributed by atoms with Crippen LogP contribution in [-0.2, 0) is 20.7 Å². The van der Waals surface area contributed by atoms with E-state index in [0.717, 1.165) is 0 Å². The van der Waals surface area contributed by atoms with E-state index in [1.165, 1.54) is 17.9 Å². The number of likely N-dealkylation sites (N-methyl/N-ethyl adjacent to an activating group) is 1. The standard InChI is InChI=1S/C19H27ClFNO4/c1-13(23)26-12-15(10-11-19(2,3)25)22(4)17(24)9-8-14-6-5-7-16(21)18(14)20/h5-7,15,25H,8-12H2,1-4H3. The van der Waals surface area contributed by atoms with Crippen LogP contribution in [0.15, 0.2) is 18.2 Å². The molecule has 1 rings (SSSR count). The number of ether oxygens (including phenoxy) is 1. The van der Waals surface area contributed by atoms with Crippen molar-refractivity contribution in [3.05, 3.63) is 34.6 Å². The smallest absolute Gasteiger partial charge is 0.302 e. The molecule has 0 aliphatic carbocycles. The summed E-state index contributed by atoms with van der Waals surface area (Å²) in [6, 6.07) is 4.16. The molecule has 0 bridgehead atoms. The van der Waals surface area contributed by atoms with Crippen LogP contribution < -0.4 is 0 Å².